The van der Waals surface area contributed by atoms with E-state index >= 15 is 0 Å². The van der Waals surface area contributed by atoms with Gasteiger partial charge in [-0.1, -0.05) is 18.2 Å². The Hall–Kier alpha value is -2.62. The van der Waals surface area contributed by atoms with Crippen molar-refractivity contribution in [2.45, 2.75) is 0 Å². The zero-order valence-electron chi connectivity index (χ0n) is 10.1. The molecule has 1 aromatic heterocycles. The van der Waals surface area contributed by atoms with Crippen LogP contribution in [0.25, 0.3) is 6.08 Å². The average molecular weight is 253 g/mol. The van der Waals surface area contributed by atoms with Gasteiger partial charge in [-0.05, 0) is 30.3 Å². The van der Waals surface area contributed by atoms with Gasteiger partial charge in [0.2, 0.25) is 0 Å². The van der Waals surface area contributed by atoms with Gasteiger partial charge in [0, 0.05) is 6.54 Å². The molecule has 0 radical (unpaired) electrons. The summed E-state index contributed by atoms with van der Waals surface area (Å²) in [6.07, 6.45) is 5.05. The fraction of sp³-hybridized carbons (Fsp3) is 0.0667. The highest BCUT2D eigenvalue weighted by Crippen LogP contribution is 2.22. The van der Waals surface area contributed by atoms with E-state index in [9.17, 15) is 9.59 Å². The number of rotatable bonds is 3. The van der Waals surface area contributed by atoms with Crippen molar-refractivity contribution in [3.8, 4) is 0 Å². The lowest BCUT2D eigenvalue weighted by Gasteiger charge is -2.09. The van der Waals surface area contributed by atoms with Gasteiger partial charge in [-0.2, -0.15) is 0 Å². The Kier molecular flexibility index (Phi) is 2.76. The van der Waals surface area contributed by atoms with Crippen molar-refractivity contribution in [3.63, 3.8) is 0 Å². The SMILES string of the molecule is O=C1c2ccccc2C(=O)N1C/C=C/c1ccco1. The third-order valence-corrected chi connectivity index (χ3v) is 2.99. The van der Waals surface area contributed by atoms with Gasteiger partial charge in [0.05, 0.1) is 17.4 Å². The normalized spacial score (nSPS) is 14.4. The number of furan rings is 1. The lowest BCUT2D eigenvalue weighted by molar-refractivity contribution is 0.0672. The van der Waals surface area contributed by atoms with E-state index < -0.39 is 0 Å². The molecular formula is C15H11NO3. The molecule has 1 aliphatic heterocycles. The molecule has 2 amide bonds. The van der Waals surface area contributed by atoms with Gasteiger partial charge in [0.1, 0.15) is 5.76 Å². The molecule has 0 saturated carbocycles. The van der Waals surface area contributed by atoms with Crippen LogP contribution in [0.5, 0.6) is 0 Å². The molecule has 19 heavy (non-hydrogen) atoms. The van der Waals surface area contributed by atoms with Crippen LogP contribution in [0.4, 0.5) is 0 Å². The first-order valence-electron chi connectivity index (χ1n) is 5.92. The number of hydrogen-bond donors (Lipinski definition) is 0. The highest BCUT2D eigenvalue weighted by molar-refractivity contribution is 6.21. The van der Waals surface area contributed by atoms with Gasteiger partial charge in [-0.15, -0.1) is 0 Å². The highest BCUT2D eigenvalue weighted by atomic mass is 16.3. The van der Waals surface area contributed by atoms with Crippen molar-refractivity contribution in [1.29, 1.82) is 0 Å². The van der Waals surface area contributed by atoms with E-state index in [4.69, 9.17) is 4.42 Å². The van der Waals surface area contributed by atoms with E-state index in [1.54, 1.807) is 54.8 Å². The van der Waals surface area contributed by atoms with Crippen LogP contribution in [0.2, 0.25) is 0 Å². The molecular weight excluding hydrogens is 242 g/mol. The quantitative estimate of drug-likeness (QED) is 0.790. The number of carbonyl (C=O) groups excluding carboxylic acids is 2. The minimum absolute atomic E-state index is 0.243. The van der Waals surface area contributed by atoms with Crippen molar-refractivity contribution >= 4 is 17.9 Å². The van der Waals surface area contributed by atoms with Crippen molar-refractivity contribution in [2.24, 2.45) is 0 Å². The van der Waals surface area contributed by atoms with Crippen molar-refractivity contribution < 1.29 is 14.0 Å². The first-order chi connectivity index (χ1) is 9.27. The van der Waals surface area contributed by atoms with Crippen LogP contribution in [-0.4, -0.2) is 23.3 Å². The number of carbonyl (C=O) groups is 2. The third-order valence-electron chi connectivity index (χ3n) is 2.99. The molecule has 2 aromatic rings. The predicted octanol–water partition coefficient (Wildman–Crippen LogP) is 2.59. The Morgan fingerprint density at radius 1 is 1.00 bits per heavy atom. The highest BCUT2D eigenvalue weighted by Gasteiger charge is 2.33. The van der Waals surface area contributed by atoms with E-state index in [1.807, 2.05) is 0 Å². The molecule has 0 atom stereocenters. The summed E-state index contributed by atoms with van der Waals surface area (Å²) in [5.74, 6) is 0.200. The maximum atomic E-state index is 12.0. The van der Waals surface area contributed by atoms with Gasteiger partial charge in [-0.3, -0.25) is 14.5 Å². The van der Waals surface area contributed by atoms with Crippen LogP contribution in [0, 0.1) is 0 Å². The number of amides is 2. The average Bonchev–Trinajstić information content (AvgIpc) is 3.02. The zero-order chi connectivity index (χ0) is 13.2. The van der Waals surface area contributed by atoms with Gasteiger partial charge in [-0.25, -0.2) is 0 Å². The Morgan fingerprint density at radius 2 is 1.68 bits per heavy atom. The smallest absolute Gasteiger partial charge is 0.261 e. The van der Waals surface area contributed by atoms with Crippen LogP contribution in [0.1, 0.15) is 26.5 Å². The largest absolute Gasteiger partial charge is 0.465 e. The molecule has 94 valence electrons. The van der Waals surface area contributed by atoms with Crippen molar-refractivity contribution in [1.82, 2.24) is 4.90 Å². The monoisotopic (exact) mass is 253 g/mol. The van der Waals surface area contributed by atoms with Crippen molar-refractivity contribution in [3.05, 3.63) is 65.6 Å². The Morgan fingerprint density at radius 3 is 2.26 bits per heavy atom. The van der Waals surface area contributed by atoms with E-state index in [1.165, 1.54) is 4.90 Å². The van der Waals surface area contributed by atoms with E-state index in [0.717, 1.165) is 0 Å². The molecule has 4 nitrogen and oxygen atoms in total. The molecule has 0 spiro atoms. The number of fused-ring (bicyclic) bond motifs is 1. The van der Waals surface area contributed by atoms with E-state index in [0.29, 0.717) is 16.9 Å². The predicted molar refractivity (Wildman–Crippen MR) is 69.6 cm³/mol. The first-order valence-corrected chi connectivity index (χ1v) is 5.92. The summed E-state index contributed by atoms with van der Waals surface area (Å²) < 4.78 is 5.14. The second-order valence-corrected chi connectivity index (χ2v) is 4.18. The van der Waals surface area contributed by atoms with Crippen molar-refractivity contribution in [2.75, 3.05) is 6.54 Å². The number of imide groups is 1. The maximum Gasteiger partial charge on any atom is 0.261 e. The number of benzene rings is 1. The first kappa shape index (κ1) is 11.5. The summed E-state index contributed by atoms with van der Waals surface area (Å²) >= 11 is 0. The van der Waals surface area contributed by atoms with E-state index in [2.05, 4.69) is 0 Å². The lowest BCUT2D eigenvalue weighted by atomic mass is 10.1. The number of hydrogen-bond acceptors (Lipinski definition) is 3. The summed E-state index contributed by atoms with van der Waals surface area (Å²) in [5.41, 5.74) is 0.942. The minimum Gasteiger partial charge on any atom is -0.465 e. The molecule has 4 heteroatoms. The standard InChI is InChI=1S/C15H11NO3/c17-14-12-7-1-2-8-13(12)15(18)16(14)9-3-5-11-6-4-10-19-11/h1-8,10H,9H2/b5-3+. The Labute approximate surface area is 109 Å². The van der Waals surface area contributed by atoms with Gasteiger partial charge in [0.25, 0.3) is 11.8 Å². The summed E-state index contributed by atoms with van der Waals surface area (Å²) in [6, 6.07) is 10.4. The van der Waals surface area contributed by atoms with Crippen LogP contribution < -0.4 is 0 Å². The fourth-order valence-electron chi connectivity index (χ4n) is 2.07. The van der Waals surface area contributed by atoms with Crippen LogP contribution >= 0.6 is 0 Å². The summed E-state index contributed by atoms with van der Waals surface area (Å²) in [7, 11) is 0. The maximum absolute atomic E-state index is 12.0. The molecule has 0 aliphatic carbocycles. The molecule has 0 bridgehead atoms. The molecule has 1 aliphatic rings. The Bertz CT molecular complexity index is 621. The van der Waals surface area contributed by atoms with Gasteiger partial charge in [0.15, 0.2) is 0 Å². The van der Waals surface area contributed by atoms with Gasteiger partial charge >= 0.3 is 0 Å². The molecule has 0 unspecified atom stereocenters. The molecule has 1 aromatic carbocycles. The van der Waals surface area contributed by atoms with Crippen LogP contribution in [0.3, 0.4) is 0 Å². The number of nitrogens with zero attached hydrogens (tertiary/aromatic N) is 1. The second-order valence-electron chi connectivity index (χ2n) is 4.18. The van der Waals surface area contributed by atoms with Crippen LogP contribution in [-0.2, 0) is 0 Å². The lowest BCUT2D eigenvalue weighted by Crippen LogP contribution is -2.29. The topological polar surface area (TPSA) is 50.5 Å². The molecule has 0 N–H and O–H groups in total. The fourth-order valence-corrected chi connectivity index (χ4v) is 2.07. The Balaban J connectivity index is 1.77. The molecule has 0 saturated heterocycles. The van der Waals surface area contributed by atoms with Gasteiger partial charge < -0.3 is 4.42 Å². The molecule has 3 rings (SSSR count). The van der Waals surface area contributed by atoms with Crippen LogP contribution in [0.15, 0.2) is 53.2 Å². The third kappa shape index (κ3) is 1.97. The summed E-state index contributed by atoms with van der Waals surface area (Å²) in [4.78, 5) is 25.3. The molecule has 2 heterocycles. The minimum atomic E-state index is -0.246. The molecule has 0 fully saturated rings. The zero-order valence-corrected chi connectivity index (χ0v) is 10.1. The second kappa shape index (κ2) is 4.57. The van der Waals surface area contributed by atoms with E-state index in [-0.39, 0.29) is 18.4 Å². The summed E-state index contributed by atoms with van der Waals surface area (Å²) in [5, 5.41) is 0. The summed E-state index contributed by atoms with van der Waals surface area (Å²) in [6.45, 7) is 0.243.